The second kappa shape index (κ2) is 3.14. The van der Waals surface area contributed by atoms with Gasteiger partial charge in [0.1, 0.15) is 0 Å². The van der Waals surface area contributed by atoms with Gasteiger partial charge >= 0.3 is 5.97 Å². The summed E-state index contributed by atoms with van der Waals surface area (Å²) in [5.74, 6) is -0.931. The van der Waals surface area contributed by atoms with Gasteiger partial charge in [-0.1, -0.05) is 12.2 Å². The molecule has 0 aromatic rings. The first kappa shape index (κ1) is 7.72. The second-order valence-corrected chi connectivity index (χ2v) is 2.36. The van der Waals surface area contributed by atoms with Crippen LogP contribution < -0.4 is 0 Å². The zero-order valence-electron chi connectivity index (χ0n) is 5.91. The highest BCUT2D eigenvalue weighted by Gasteiger charge is 2.06. The van der Waals surface area contributed by atoms with E-state index in [2.05, 4.69) is 0 Å². The van der Waals surface area contributed by atoms with Gasteiger partial charge in [-0.15, -0.1) is 0 Å². The lowest BCUT2D eigenvalue weighted by Gasteiger charge is -2.01. The van der Waals surface area contributed by atoms with Crippen LogP contribution in [0.25, 0.3) is 0 Å². The quantitative estimate of drug-likeness (QED) is 0.640. The first-order valence-electron chi connectivity index (χ1n) is 3.30. The summed E-state index contributed by atoms with van der Waals surface area (Å²) in [5.41, 5.74) is 0.578. The number of hydrogen-bond acceptors (Lipinski definition) is 2. The number of aliphatic carboxylic acids is 1. The van der Waals surface area contributed by atoms with Crippen LogP contribution in [0.4, 0.5) is 0 Å². The largest absolute Gasteiger partial charge is 0.481 e. The van der Waals surface area contributed by atoms with Crippen molar-refractivity contribution in [3.8, 4) is 0 Å². The van der Waals surface area contributed by atoms with Crippen LogP contribution in [0.3, 0.4) is 0 Å². The first-order valence-corrected chi connectivity index (χ1v) is 3.30. The Morgan fingerprint density at radius 3 is 2.91 bits per heavy atom. The topological polar surface area (TPSA) is 54.4 Å². The summed E-state index contributed by atoms with van der Waals surface area (Å²) in [6.07, 6.45) is 5.07. The maximum atomic E-state index is 10.7. The zero-order valence-corrected chi connectivity index (χ0v) is 5.91. The lowest BCUT2D eigenvalue weighted by atomic mass is 10.0. The van der Waals surface area contributed by atoms with Crippen LogP contribution in [0.5, 0.6) is 0 Å². The highest BCUT2D eigenvalue weighted by molar-refractivity contribution is 5.94. The van der Waals surface area contributed by atoms with Crippen LogP contribution in [0.1, 0.15) is 12.8 Å². The molecule has 3 heteroatoms. The van der Waals surface area contributed by atoms with E-state index in [1.165, 1.54) is 6.08 Å². The monoisotopic (exact) mass is 152 g/mol. The summed E-state index contributed by atoms with van der Waals surface area (Å²) >= 11 is 0. The van der Waals surface area contributed by atoms with Crippen molar-refractivity contribution in [1.82, 2.24) is 0 Å². The Morgan fingerprint density at radius 1 is 1.64 bits per heavy atom. The van der Waals surface area contributed by atoms with Crippen molar-refractivity contribution >= 4 is 11.8 Å². The highest BCUT2D eigenvalue weighted by atomic mass is 16.4. The lowest BCUT2D eigenvalue weighted by molar-refractivity contribution is -0.136. The molecule has 0 aromatic carbocycles. The maximum absolute atomic E-state index is 10.7. The Kier molecular flexibility index (Phi) is 2.21. The SMILES string of the molecule is O=C(O)CC1=CC(=O)CC=C1. The minimum atomic E-state index is -0.907. The van der Waals surface area contributed by atoms with E-state index < -0.39 is 5.97 Å². The fraction of sp³-hybridized carbons (Fsp3) is 0.250. The number of carbonyl (C=O) groups is 2. The molecule has 0 heterocycles. The van der Waals surface area contributed by atoms with Crippen LogP contribution in [0, 0.1) is 0 Å². The molecule has 0 unspecified atom stereocenters. The summed E-state index contributed by atoms with van der Waals surface area (Å²) in [5, 5.41) is 8.37. The molecule has 1 rings (SSSR count). The molecular weight excluding hydrogens is 144 g/mol. The molecule has 0 bridgehead atoms. The van der Waals surface area contributed by atoms with Crippen LogP contribution >= 0.6 is 0 Å². The molecule has 0 saturated heterocycles. The third kappa shape index (κ3) is 2.37. The van der Waals surface area contributed by atoms with Crippen molar-refractivity contribution in [2.24, 2.45) is 0 Å². The summed E-state index contributed by atoms with van der Waals surface area (Å²) in [6.45, 7) is 0. The van der Waals surface area contributed by atoms with Crippen molar-refractivity contribution in [2.45, 2.75) is 12.8 Å². The molecule has 0 fully saturated rings. The van der Waals surface area contributed by atoms with E-state index in [-0.39, 0.29) is 12.2 Å². The van der Waals surface area contributed by atoms with Crippen LogP contribution in [-0.4, -0.2) is 16.9 Å². The molecule has 1 aliphatic rings. The predicted octanol–water partition coefficient (Wildman–Crippen LogP) is 0.917. The molecule has 0 aliphatic heterocycles. The lowest BCUT2D eigenvalue weighted by Crippen LogP contribution is -2.02. The average Bonchev–Trinajstić information content (AvgIpc) is 1.85. The molecule has 0 spiro atoms. The van der Waals surface area contributed by atoms with Crippen molar-refractivity contribution in [2.75, 3.05) is 0 Å². The van der Waals surface area contributed by atoms with Crippen LogP contribution in [0.2, 0.25) is 0 Å². The smallest absolute Gasteiger partial charge is 0.307 e. The van der Waals surface area contributed by atoms with Gasteiger partial charge in [0.15, 0.2) is 5.78 Å². The average molecular weight is 152 g/mol. The van der Waals surface area contributed by atoms with Gasteiger partial charge in [-0.25, -0.2) is 0 Å². The van der Waals surface area contributed by atoms with Crippen molar-refractivity contribution in [1.29, 1.82) is 0 Å². The minimum absolute atomic E-state index is 0.0243. The molecule has 1 N–H and O–H groups in total. The number of hydrogen-bond donors (Lipinski definition) is 1. The standard InChI is InChI=1S/C8H8O3/c9-7-3-1-2-6(4-7)5-8(10)11/h1-2,4H,3,5H2,(H,10,11). The van der Waals surface area contributed by atoms with Gasteiger partial charge in [-0.05, 0) is 11.6 Å². The molecule has 0 radical (unpaired) electrons. The van der Waals surface area contributed by atoms with Gasteiger partial charge in [0, 0.05) is 6.42 Å². The molecule has 0 saturated carbocycles. The number of rotatable bonds is 2. The highest BCUT2D eigenvalue weighted by Crippen LogP contribution is 2.10. The minimum Gasteiger partial charge on any atom is -0.481 e. The molecule has 0 aromatic heterocycles. The number of carbonyl (C=O) groups excluding carboxylic acids is 1. The number of carboxylic acid groups (broad SMARTS) is 1. The van der Waals surface area contributed by atoms with Crippen LogP contribution in [-0.2, 0) is 9.59 Å². The zero-order chi connectivity index (χ0) is 8.27. The van der Waals surface area contributed by atoms with Gasteiger partial charge in [0.25, 0.3) is 0 Å². The molecule has 58 valence electrons. The Balaban J connectivity index is 2.64. The number of ketones is 1. The molecule has 0 amide bonds. The Labute approximate surface area is 64.0 Å². The van der Waals surface area contributed by atoms with Gasteiger partial charge in [-0.3, -0.25) is 9.59 Å². The van der Waals surface area contributed by atoms with E-state index >= 15 is 0 Å². The van der Waals surface area contributed by atoms with Crippen molar-refractivity contribution in [3.63, 3.8) is 0 Å². The predicted molar refractivity (Wildman–Crippen MR) is 39.1 cm³/mol. The summed E-state index contributed by atoms with van der Waals surface area (Å²) in [7, 11) is 0. The van der Waals surface area contributed by atoms with E-state index in [4.69, 9.17) is 5.11 Å². The van der Waals surface area contributed by atoms with E-state index in [0.717, 1.165) is 0 Å². The molecule has 11 heavy (non-hydrogen) atoms. The van der Waals surface area contributed by atoms with E-state index in [0.29, 0.717) is 12.0 Å². The van der Waals surface area contributed by atoms with Crippen molar-refractivity contribution in [3.05, 3.63) is 23.8 Å². The molecule has 1 aliphatic carbocycles. The van der Waals surface area contributed by atoms with Gasteiger partial charge in [-0.2, -0.15) is 0 Å². The Morgan fingerprint density at radius 2 is 2.36 bits per heavy atom. The first-order chi connectivity index (χ1) is 5.18. The normalized spacial score (nSPS) is 16.4. The van der Waals surface area contributed by atoms with E-state index in [1.807, 2.05) is 0 Å². The van der Waals surface area contributed by atoms with E-state index in [1.54, 1.807) is 12.2 Å². The van der Waals surface area contributed by atoms with Crippen molar-refractivity contribution < 1.29 is 14.7 Å². The Bertz CT molecular complexity index is 248. The molecule has 3 nitrogen and oxygen atoms in total. The summed E-state index contributed by atoms with van der Waals surface area (Å²) < 4.78 is 0. The summed E-state index contributed by atoms with van der Waals surface area (Å²) in [6, 6.07) is 0. The summed E-state index contributed by atoms with van der Waals surface area (Å²) in [4.78, 5) is 20.9. The number of allylic oxidation sites excluding steroid dienone is 3. The van der Waals surface area contributed by atoms with E-state index in [9.17, 15) is 9.59 Å². The maximum Gasteiger partial charge on any atom is 0.307 e. The van der Waals surface area contributed by atoms with Gasteiger partial charge in [0.2, 0.25) is 0 Å². The van der Waals surface area contributed by atoms with Gasteiger partial charge in [0.05, 0.1) is 6.42 Å². The molecule has 0 atom stereocenters. The fourth-order valence-electron chi connectivity index (χ4n) is 0.925. The van der Waals surface area contributed by atoms with Crippen LogP contribution in [0.15, 0.2) is 23.8 Å². The fourth-order valence-corrected chi connectivity index (χ4v) is 0.925. The number of carboxylic acids is 1. The second-order valence-electron chi connectivity index (χ2n) is 2.36. The molecular formula is C8H8O3. The Hall–Kier alpha value is -1.38. The third-order valence-corrected chi connectivity index (χ3v) is 1.35. The third-order valence-electron chi connectivity index (χ3n) is 1.35. The van der Waals surface area contributed by atoms with Gasteiger partial charge < -0.3 is 5.11 Å².